The number of aromatic nitrogens is 2. The Morgan fingerprint density at radius 3 is 2.71 bits per heavy atom. The van der Waals surface area contributed by atoms with E-state index in [1.54, 1.807) is 13.4 Å². The molecule has 0 radical (unpaired) electrons. The fourth-order valence-electron chi connectivity index (χ4n) is 2.97. The van der Waals surface area contributed by atoms with Crippen molar-refractivity contribution >= 4 is 17.5 Å². The summed E-state index contributed by atoms with van der Waals surface area (Å²) in [7, 11) is 3.56. The van der Waals surface area contributed by atoms with E-state index in [1.165, 1.54) is 0 Å². The Morgan fingerprint density at radius 1 is 1.33 bits per heavy atom. The number of likely N-dealkylation sites (N-methyl/N-ethyl adjacent to an activating group) is 1. The van der Waals surface area contributed by atoms with E-state index < -0.39 is 0 Å². The molecule has 116 valence electrons. The van der Waals surface area contributed by atoms with Crippen LogP contribution in [0.3, 0.4) is 0 Å². The summed E-state index contributed by atoms with van der Waals surface area (Å²) < 4.78 is 0. The zero-order chi connectivity index (χ0) is 15.4. The molecule has 1 aromatic rings. The summed E-state index contributed by atoms with van der Waals surface area (Å²) in [4.78, 5) is 23.1. The molecule has 6 heteroatoms. The molecule has 1 aromatic heterocycles. The van der Waals surface area contributed by atoms with Crippen LogP contribution in [0.15, 0.2) is 6.33 Å². The number of hydrogen-bond acceptors (Lipinski definition) is 5. The standard InChI is InChI=1S/C15H25N5O/c1-10(2)12-13(16-3)18-9-19-14(12)20-8-6-5-7-11(20)15(21)17-4/h9-11H,5-8H2,1-4H3,(H,17,21)(H,16,18,19). The maximum atomic E-state index is 12.2. The Morgan fingerprint density at radius 2 is 2.10 bits per heavy atom. The number of hydrogen-bond donors (Lipinski definition) is 2. The van der Waals surface area contributed by atoms with Gasteiger partial charge in [-0.2, -0.15) is 0 Å². The van der Waals surface area contributed by atoms with Gasteiger partial charge in [0, 0.05) is 26.2 Å². The van der Waals surface area contributed by atoms with Gasteiger partial charge in [-0.05, 0) is 25.2 Å². The molecule has 0 aliphatic carbocycles. The SMILES string of the molecule is CNC(=O)C1CCCCN1c1ncnc(NC)c1C(C)C. The number of rotatable bonds is 4. The third-order valence-corrected chi connectivity index (χ3v) is 4.00. The molecule has 0 spiro atoms. The van der Waals surface area contributed by atoms with Crippen LogP contribution in [-0.2, 0) is 4.79 Å². The minimum Gasteiger partial charge on any atom is -0.373 e. The molecule has 0 saturated carbocycles. The molecule has 0 bridgehead atoms. The second kappa shape index (κ2) is 6.74. The fourth-order valence-corrected chi connectivity index (χ4v) is 2.97. The molecule has 2 rings (SSSR count). The summed E-state index contributed by atoms with van der Waals surface area (Å²) in [6.45, 7) is 5.11. The minimum atomic E-state index is -0.138. The fraction of sp³-hybridized carbons (Fsp3) is 0.667. The van der Waals surface area contributed by atoms with Gasteiger partial charge < -0.3 is 15.5 Å². The Balaban J connectivity index is 2.45. The number of nitrogens with one attached hydrogen (secondary N) is 2. The van der Waals surface area contributed by atoms with E-state index in [1.807, 2.05) is 7.05 Å². The van der Waals surface area contributed by atoms with Crippen molar-refractivity contribution in [2.45, 2.75) is 45.1 Å². The number of carbonyl (C=O) groups is 1. The Bertz CT molecular complexity index is 503. The van der Waals surface area contributed by atoms with Crippen LogP contribution in [0.1, 0.15) is 44.6 Å². The highest BCUT2D eigenvalue weighted by Crippen LogP contribution is 2.33. The van der Waals surface area contributed by atoms with Gasteiger partial charge >= 0.3 is 0 Å². The zero-order valence-electron chi connectivity index (χ0n) is 13.3. The Labute approximate surface area is 126 Å². The molecule has 1 unspecified atom stereocenters. The van der Waals surface area contributed by atoms with E-state index in [0.717, 1.165) is 43.0 Å². The molecule has 1 fully saturated rings. The molecule has 1 aliphatic rings. The topological polar surface area (TPSA) is 70.2 Å². The molecule has 2 heterocycles. The first-order valence-electron chi connectivity index (χ1n) is 7.61. The first kappa shape index (κ1) is 15.5. The monoisotopic (exact) mass is 291 g/mol. The predicted molar refractivity (Wildman–Crippen MR) is 84.7 cm³/mol. The molecule has 21 heavy (non-hydrogen) atoms. The summed E-state index contributed by atoms with van der Waals surface area (Å²) >= 11 is 0. The van der Waals surface area contributed by atoms with Crippen LogP contribution in [0.4, 0.5) is 11.6 Å². The first-order valence-corrected chi connectivity index (χ1v) is 7.61. The lowest BCUT2D eigenvalue weighted by Crippen LogP contribution is -2.49. The van der Waals surface area contributed by atoms with Crippen molar-refractivity contribution in [3.63, 3.8) is 0 Å². The van der Waals surface area contributed by atoms with Crippen molar-refractivity contribution in [1.82, 2.24) is 15.3 Å². The van der Waals surface area contributed by atoms with Crippen LogP contribution < -0.4 is 15.5 Å². The average molecular weight is 291 g/mol. The van der Waals surface area contributed by atoms with Gasteiger partial charge in [0.15, 0.2) is 0 Å². The lowest BCUT2D eigenvalue weighted by molar-refractivity contribution is -0.122. The van der Waals surface area contributed by atoms with E-state index in [9.17, 15) is 4.79 Å². The summed E-state index contributed by atoms with van der Waals surface area (Å²) in [5.74, 6) is 2.08. The smallest absolute Gasteiger partial charge is 0.242 e. The number of piperidine rings is 1. The van der Waals surface area contributed by atoms with E-state index in [-0.39, 0.29) is 17.9 Å². The quantitative estimate of drug-likeness (QED) is 0.884. The first-order chi connectivity index (χ1) is 10.1. The normalized spacial score (nSPS) is 18.7. The maximum Gasteiger partial charge on any atom is 0.242 e. The van der Waals surface area contributed by atoms with Crippen LogP contribution in [0, 0.1) is 0 Å². The molecule has 1 amide bonds. The van der Waals surface area contributed by atoms with E-state index >= 15 is 0 Å². The summed E-state index contributed by atoms with van der Waals surface area (Å²) in [5.41, 5.74) is 1.08. The van der Waals surface area contributed by atoms with Crippen molar-refractivity contribution < 1.29 is 4.79 Å². The highest BCUT2D eigenvalue weighted by molar-refractivity contribution is 5.85. The third kappa shape index (κ3) is 3.09. The lowest BCUT2D eigenvalue weighted by Gasteiger charge is -2.37. The van der Waals surface area contributed by atoms with Crippen molar-refractivity contribution in [3.05, 3.63) is 11.9 Å². The Hall–Kier alpha value is -1.85. The molecule has 1 aliphatic heterocycles. The van der Waals surface area contributed by atoms with Crippen LogP contribution in [0.25, 0.3) is 0 Å². The summed E-state index contributed by atoms with van der Waals surface area (Å²) in [5, 5.41) is 5.91. The second-order valence-corrected chi connectivity index (χ2v) is 5.68. The maximum absolute atomic E-state index is 12.2. The number of amides is 1. The zero-order valence-corrected chi connectivity index (χ0v) is 13.3. The highest BCUT2D eigenvalue weighted by atomic mass is 16.2. The highest BCUT2D eigenvalue weighted by Gasteiger charge is 2.31. The van der Waals surface area contributed by atoms with Gasteiger partial charge in [-0.1, -0.05) is 13.8 Å². The van der Waals surface area contributed by atoms with E-state index in [2.05, 4.69) is 39.3 Å². The Kier molecular flexibility index (Phi) is 4.98. The molecule has 1 saturated heterocycles. The van der Waals surface area contributed by atoms with Gasteiger partial charge in [0.25, 0.3) is 0 Å². The molecule has 1 atom stereocenters. The van der Waals surface area contributed by atoms with Gasteiger partial charge in [-0.3, -0.25) is 4.79 Å². The van der Waals surface area contributed by atoms with E-state index in [4.69, 9.17) is 0 Å². The van der Waals surface area contributed by atoms with Gasteiger partial charge in [-0.15, -0.1) is 0 Å². The average Bonchev–Trinajstić information content (AvgIpc) is 2.53. The van der Waals surface area contributed by atoms with Gasteiger partial charge in [0.1, 0.15) is 24.0 Å². The largest absolute Gasteiger partial charge is 0.373 e. The van der Waals surface area contributed by atoms with Gasteiger partial charge in [0.2, 0.25) is 5.91 Å². The molecule has 6 nitrogen and oxygen atoms in total. The predicted octanol–water partition coefficient (Wildman–Crippen LogP) is 1.75. The number of nitrogens with zero attached hydrogens (tertiary/aromatic N) is 3. The number of anilines is 2. The third-order valence-electron chi connectivity index (χ3n) is 4.00. The summed E-state index contributed by atoms with van der Waals surface area (Å²) in [6.07, 6.45) is 4.61. The van der Waals surface area contributed by atoms with Crippen LogP contribution in [0.5, 0.6) is 0 Å². The van der Waals surface area contributed by atoms with Gasteiger partial charge in [-0.25, -0.2) is 9.97 Å². The molecular weight excluding hydrogens is 266 g/mol. The number of carbonyl (C=O) groups excluding carboxylic acids is 1. The van der Waals surface area contributed by atoms with Crippen molar-refractivity contribution in [2.75, 3.05) is 30.9 Å². The molecular formula is C15H25N5O. The van der Waals surface area contributed by atoms with Crippen molar-refractivity contribution in [2.24, 2.45) is 0 Å². The molecule has 2 N–H and O–H groups in total. The summed E-state index contributed by atoms with van der Waals surface area (Å²) in [6, 6.07) is -0.138. The molecule has 0 aromatic carbocycles. The van der Waals surface area contributed by atoms with Crippen LogP contribution in [0.2, 0.25) is 0 Å². The van der Waals surface area contributed by atoms with Crippen molar-refractivity contribution in [3.8, 4) is 0 Å². The second-order valence-electron chi connectivity index (χ2n) is 5.68. The van der Waals surface area contributed by atoms with E-state index in [0.29, 0.717) is 0 Å². The minimum absolute atomic E-state index is 0.0639. The lowest BCUT2D eigenvalue weighted by atomic mass is 9.98. The van der Waals surface area contributed by atoms with Crippen LogP contribution >= 0.6 is 0 Å². The van der Waals surface area contributed by atoms with Gasteiger partial charge in [0.05, 0.1) is 0 Å². The van der Waals surface area contributed by atoms with Crippen LogP contribution in [-0.4, -0.2) is 42.6 Å². The van der Waals surface area contributed by atoms with Crippen molar-refractivity contribution in [1.29, 1.82) is 0 Å².